The lowest BCUT2D eigenvalue weighted by atomic mass is 9.99. The first-order chi connectivity index (χ1) is 12.4. The minimum Gasteiger partial charge on any atom is -0.748 e. The van der Waals surface area contributed by atoms with Gasteiger partial charge in [0.15, 0.2) is 0 Å². The second kappa shape index (κ2) is 8.02. The molecule has 7 nitrogen and oxygen atoms in total. The predicted octanol–water partition coefficient (Wildman–Crippen LogP) is 2.39. The second-order valence-corrected chi connectivity index (χ2v) is 8.00. The molecule has 28 heavy (non-hydrogen) atoms. The Labute approximate surface area is 167 Å². The maximum absolute atomic E-state index is 13.2. The van der Waals surface area contributed by atoms with E-state index in [1.807, 2.05) is 0 Å². The van der Waals surface area contributed by atoms with E-state index in [0.717, 1.165) is 25.1 Å². The molecule has 0 radical (unpaired) electrons. The molecule has 1 aromatic rings. The number of halogens is 7. The Morgan fingerprint density at radius 3 is 2.00 bits per heavy atom. The summed E-state index contributed by atoms with van der Waals surface area (Å²) >= 11 is 1.68. The van der Waals surface area contributed by atoms with Gasteiger partial charge in [-0.2, -0.15) is 26.3 Å². The zero-order valence-corrected chi connectivity index (χ0v) is 16.5. The van der Waals surface area contributed by atoms with Crippen LogP contribution in [-0.2, 0) is 14.9 Å². The normalized spacial score (nSPS) is 13.2. The van der Waals surface area contributed by atoms with Gasteiger partial charge in [0.25, 0.3) is 5.91 Å². The third-order valence-electron chi connectivity index (χ3n) is 3.23. The quantitative estimate of drug-likeness (QED) is 0.334. The highest BCUT2D eigenvalue weighted by Crippen LogP contribution is 2.44. The van der Waals surface area contributed by atoms with E-state index in [9.17, 15) is 48.9 Å². The van der Waals surface area contributed by atoms with Gasteiger partial charge in [-0.25, -0.2) is 8.42 Å². The van der Waals surface area contributed by atoms with Crippen LogP contribution in [0.25, 0.3) is 0 Å². The molecule has 0 atom stereocenters. The van der Waals surface area contributed by atoms with Crippen LogP contribution in [-0.4, -0.2) is 48.4 Å². The van der Waals surface area contributed by atoms with Crippen LogP contribution in [0.3, 0.4) is 0 Å². The first-order valence-corrected chi connectivity index (χ1v) is 9.52. The maximum atomic E-state index is 13.2. The molecule has 0 spiro atoms. The average molecular weight is 547 g/mol. The molecule has 0 bridgehead atoms. The molecule has 0 unspecified atom stereocenters. The number of amides is 2. The van der Waals surface area contributed by atoms with Crippen LogP contribution < -0.4 is 10.6 Å². The lowest BCUT2D eigenvalue weighted by Gasteiger charge is -2.38. The Balaban J connectivity index is 3.48. The Morgan fingerprint density at radius 2 is 1.61 bits per heavy atom. The predicted molar refractivity (Wildman–Crippen MR) is 90.3 cm³/mol. The maximum Gasteiger partial charge on any atom is 0.421 e. The molecule has 0 aromatic heterocycles. The number of anilines is 1. The van der Waals surface area contributed by atoms with Crippen LogP contribution >= 0.6 is 22.6 Å². The molecule has 2 N–H and O–H groups in total. The molecule has 1 rings (SSSR count). The van der Waals surface area contributed by atoms with Crippen molar-refractivity contribution < 1.29 is 48.9 Å². The number of carbonyl (C=O) groups excluding carboxylic acids is 2. The molecule has 0 heterocycles. The molecule has 0 aliphatic heterocycles. The van der Waals surface area contributed by atoms with Crippen LogP contribution in [0, 0.1) is 3.57 Å². The Kier molecular flexibility index (Phi) is 6.99. The van der Waals surface area contributed by atoms with Crippen LogP contribution in [0.2, 0.25) is 0 Å². The SMILES string of the molecule is CC(=O)Nc1cc(C(=O)NC(CS(=O)(=O)[O-])(C(F)(F)F)C(F)(F)F)ccc1I. The largest absolute Gasteiger partial charge is 0.748 e. The summed E-state index contributed by atoms with van der Waals surface area (Å²) in [4.78, 5) is 23.1. The van der Waals surface area contributed by atoms with Crippen molar-refractivity contribution in [1.29, 1.82) is 0 Å². The third kappa shape index (κ3) is 5.69. The smallest absolute Gasteiger partial charge is 0.421 e. The minimum absolute atomic E-state index is 0.0817. The zero-order valence-electron chi connectivity index (χ0n) is 13.5. The van der Waals surface area contributed by atoms with Gasteiger partial charge >= 0.3 is 12.4 Å². The summed E-state index contributed by atoms with van der Waals surface area (Å²) < 4.78 is 112. The highest BCUT2D eigenvalue weighted by molar-refractivity contribution is 14.1. The monoisotopic (exact) mass is 547 g/mol. The van der Waals surface area contributed by atoms with E-state index in [0.29, 0.717) is 8.89 Å². The van der Waals surface area contributed by atoms with E-state index in [-0.39, 0.29) is 5.69 Å². The average Bonchev–Trinajstić information content (AvgIpc) is 2.44. The number of hydrogen-bond donors (Lipinski definition) is 2. The Morgan fingerprint density at radius 1 is 1.11 bits per heavy atom. The van der Waals surface area contributed by atoms with Gasteiger partial charge in [-0.05, 0) is 40.8 Å². The summed E-state index contributed by atoms with van der Waals surface area (Å²) in [7, 11) is -6.07. The lowest BCUT2D eigenvalue weighted by molar-refractivity contribution is -0.296. The highest BCUT2D eigenvalue weighted by atomic mass is 127. The summed E-state index contributed by atoms with van der Waals surface area (Å²) in [6, 6.07) is 2.77. The van der Waals surface area contributed by atoms with Gasteiger partial charge in [0, 0.05) is 16.1 Å². The lowest BCUT2D eigenvalue weighted by Crippen LogP contribution is -2.70. The molecule has 1 aromatic carbocycles. The number of rotatable bonds is 5. The van der Waals surface area contributed by atoms with E-state index in [1.165, 1.54) is 0 Å². The van der Waals surface area contributed by atoms with Crippen molar-refractivity contribution in [2.45, 2.75) is 24.8 Å². The van der Waals surface area contributed by atoms with Crippen molar-refractivity contribution in [3.63, 3.8) is 0 Å². The first-order valence-electron chi connectivity index (χ1n) is 6.86. The van der Waals surface area contributed by atoms with Gasteiger partial charge in [0.05, 0.1) is 21.6 Å². The molecule has 0 aliphatic carbocycles. The van der Waals surface area contributed by atoms with Crippen LogP contribution in [0.15, 0.2) is 18.2 Å². The fourth-order valence-corrected chi connectivity index (χ4v) is 3.39. The standard InChI is InChI=1S/C13H11F6IN2O5S/c1-6(23)21-9-4-7(2-3-8(9)20)10(24)22-11(12(14,15)16,13(17,18)19)5-28(25,26)27/h2-4H,5H2,1H3,(H,21,23)(H,22,24)(H,25,26,27)/p-1. The van der Waals surface area contributed by atoms with Gasteiger partial charge in [-0.3, -0.25) is 9.59 Å². The molecule has 0 aliphatic rings. The number of carbonyl (C=O) groups is 2. The highest BCUT2D eigenvalue weighted by Gasteiger charge is 2.72. The molecule has 0 saturated carbocycles. The van der Waals surface area contributed by atoms with Crippen LogP contribution in [0.4, 0.5) is 32.0 Å². The van der Waals surface area contributed by atoms with Crippen LogP contribution in [0.1, 0.15) is 17.3 Å². The Bertz CT molecular complexity index is 870. The van der Waals surface area contributed by atoms with E-state index in [1.54, 1.807) is 22.6 Å². The van der Waals surface area contributed by atoms with E-state index in [2.05, 4.69) is 5.32 Å². The van der Waals surface area contributed by atoms with Crippen molar-refractivity contribution in [1.82, 2.24) is 5.32 Å². The molecule has 2 amide bonds. The first kappa shape index (κ1) is 24.4. The zero-order chi connectivity index (χ0) is 22.1. The van der Waals surface area contributed by atoms with Gasteiger partial charge < -0.3 is 15.2 Å². The minimum atomic E-state index is -6.36. The fourth-order valence-electron chi connectivity index (χ4n) is 1.99. The summed E-state index contributed by atoms with van der Waals surface area (Å²) in [5.74, 6) is -5.57. The van der Waals surface area contributed by atoms with Gasteiger partial charge in [-0.1, -0.05) is 0 Å². The van der Waals surface area contributed by atoms with Crippen LogP contribution in [0.5, 0.6) is 0 Å². The second-order valence-electron chi connectivity index (χ2n) is 5.43. The van der Waals surface area contributed by atoms with Gasteiger partial charge in [-0.15, -0.1) is 0 Å². The fraction of sp³-hybridized carbons (Fsp3) is 0.385. The van der Waals surface area contributed by atoms with E-state index >= 15 is 0 Å². The number of alkyl halides is 6. The van der Waals surface area contributed by atoms with E-state index in [4.69, 9.17) is 0 Å². The summed E-state index contributed by atoms with van der Waals surface area (Å²) in [6.07, 6.45) is -12.7. The van der Waals surface area contributed by atoms with Crippen molar-refractivity contribution in [3.05, 3.63) is 27.3 Å². The molecular weight excluding hydrogens is 537 g/mol. The van der Waals surface area contributed by atoms with Gasteiger partial charge in [0.2, 0.25) is 11.4 Å². The summed E-state index contributed by atoms with van der Waals surface area (Å²) in [6.45, 7) is 1.07. The molecular formula is C13H10F6IN2O5S-. The van der Waals surface area contributed by atoms with Crippen molar-refractivity contribution in [3.8, 4) is 0 Å². The molecule has 0 fully saturated rings. The topological polar surface area (TPSA) is 115 Å². The van der Waals surface area contributed by atoms with Crippen molar-refractivity contribution >= 4 is 50.2 Å². The summed E-state index contributed by atoms with van der Waals surface area (Å²) in [5.41, 5.74) is -6.15. The third-order valence-corrected chi connectivity index (χ3v) is 4.95. The van der Waals surface area contributed by atoms with E-state index < -0.39 is 51.1 Å². The molecule has 158 valence electrons. The number of benzene rings is 1. The number of hydrogen-bond acceptors (Lipinski definition) is 5. The molecule has 0 saturated heterocycles. The van der Waals surface area contributed by atoms with Gasteiger partial charge in [0.1, 0.15) is 0 Å². The van der Waals surface area contributed by atoms with Crippen molar-refractivity contribution in [2.75, 3.05) is 11.1 Å². The number of nitrogens with one attached hydrogen (secondary N) is 2. The molecule has 15 heteroatoms. The summed E-state index contributed by atoms with van der Waals surface area (Å²) in [5, 5.41) is 2.81. The Hall–Kier alpha value is -1.62. The van der Waals surface area contributed by atoms with Crippen molar-refractivity contribution in [2.24, 2.45) is 0 Å².